The van der Waals surface area contributed by atoms with E-state index in [1.807, 2.05) is 0 Å². The van der Waals surface area contributed by atoms with E-state index in [0.29, 0.717) is 6.42 Å². The van der Waals surface area contributed by atoms with Crippen molar-refractivity contribution < 1.29 is 33.7 Å². The van der Waals surface area contributed by atoms with Gasteiger partial charge in [-0.1, -0.05) is 64.9 Å². The van der Waals surface area contributed by atoms with E-state index in [1.165, 1.54) is 32.6 Å². The first-order valence-corrected chi connectivity index (χ1v) is 10.6. The fraction of sp³-hybridized carbons (Fsp3) is 0.765. The number of carbonyl (C=O) groups excluding carboxylic acids is 2. The molecule has 146 valence electrons. The summed E-state index contributed by atoms with van der Waals surface area (Å²) in [5.41, 5.74) is 0.0578. The van der Waals surface area contributed by atoms with Crippen LogP contribution in [0.5, 0.6) is 0 Å². The van der Waals surface area contributed by atoms with Crippen LogP contribution in [-0.4, -0.2) is 27.9 Å². The quantitative estimate of drug-likeness (QED) is 0.164. The van der Waals surface area contributed by atoms with E-state index >= 15 is 0 Å². The van der Waals surface area contributed by atoms with E-state index < -0.39 is 31.6 Å². The number of unbranched alkanes of at least 4 members (excludes halogenated alkanes) is 7. The molecule has 2 N–H and O–H groups in total. The van der Waals surface area contributed by atoms with Crippen molar-refractivity contribution >= 4 is 19.5 Å². The van der Waals surface area contributed by atoms with E-state index in [2.05, 4.69) is 23.3 Å². The highest BCUT2D eigenvalue weighted by molar-refractivity contribution is 7.51. The Morgan fingerprint density at radius 2 is 1.52 bits per heavy atom. The van der Waals surface area contributed by atoms with Crippen LogP contribution < -0.4 is 0 Å². The van der Waals surface area contributed by atoms with Gasteiger partial charge >= 0.3 is 19.5 Å². The van der Waals surface area contributed by atoms with Gasteiger partial charge in [-0.2, -0.15) is 0 Å². The Hall–Kier alpha value is -1.17. The molecule has 0 aliphatic carbocycles. The Morgan fingerprint density at radius 3 is 2.00 bits per heavy atom. The molecule has 1 unspecified atom stereocenters. The highest BCUT2D eigenvalue weighted by Gasteiger charge is 2.30. The highest BCUT2D eigenvalue weighted by atomic mass is 31.2. The zero-order valence-corrected chi connectivity index (χ0v) is 16.1. The van der Waals surface area contributed by atoms with Crippen molar-refractivity contribution in [1.29, 1.82) is 0 Å². The minimum atomic E-state index is -4.38. The summed E-state index contributed by atoms with van der Waals surface area (Å²) in [6, 6.07) is 0. The first-order valence-electron chi connectivity index (χ1n) is 8.80. The third-order valence-electron chi connectivity index (χ3n) is 3.75. The second-order valence-corrected chi connectivity index (χ2v) is 8.06. The van der Waals surface area contributed by atoms with Crippen molar-refractivity contribution in [1.82, 2.24) is 0 Å². The van der Waals surface area contributed by atoms with Crippen molar-refractivity contribution in [2.24, 2.45) is 5.92 Å². The summed E-state index contributed by atoms with van der Waals surface area (Å²) in [4.78, 5) is 50.0. The van der Waals surface area contributed by atoms with E-state index in [0.717, 1.165) is 19.3 Å². The molecule has 0 radical (unpaired) electrons. The molecule has 0 aromatic heterocycles. The van der Waals surface area contributed by atoms with Gasteiger partial charge in [-0.25, -0.2) is 19.4 Å². The lowest BCUT2D eigenvalue weighted by Crippen LogP contribution is -2.23. The summed E-state index contributed by atoms with van der Waals surface area (Å²) in [5, 5.41) is 0. The SMILES string of the molecule is C=C(C)C(=O)OOC(=O)C(CCCCCCCCCC)CP(=O)(O)O. The van der Waals surface area contributed by atoms with Gasteiger partial charge in [0.05, 0.1) is 12.1 Å². The summed E-state index contributed by atoms with van der Waals surface area (Å²) in [6.45, 7) is 6.90. The van der Waals surface area contributed by atoms with Gasteiger partial charge in [-0.05, 0) is 13.3 Å². The largest absolute Gasteiger partial charge is 0.381 e. The summed E-state index contributed by atoms with van der Waals surface area (Å²) in [6.07, 6.45) is 8.16. The van der Waals surface area contributed by atoms with Crippen LogP contribution in [0.3, 0.4) is 0 Å². The summed E-state index contributed by atoms with van der Waals surface area (Å²) in [7, 11) is -4.38. The maximum atomic E-state index is 11.9. The molecule has 0 fully saturated rings. The van der Waals surface area contributed by atoms with Gasteiger partial charge in [-0.3, -0.25) is 4.57 Å². The average Bonchev–Trinajstić information content (AvgIpc) is 2.52. The van der Waals surface area contributed by atoms with Crippen LogP contribution in [0, 0.1) is 5.92 Å². The van der Waals surface area contributed by atoms with Crippen LogP contribution in [0.15, 0.2) is 12.2 Å². The third kappa shape index (κ3) is 13.8. The van der Waals surface area contributed by atoms with Crippen molar-refractivity contribution in [3.8, 4) is 0 Å². The number of carbonyl (C=O) groups is 2. The lowest BCUT2D eigenvalue weighted by Gasteiger charge is -2.15. The van der Waals surface area contributed by atoms with Gasteiger partial charge in [-0.15, -0.1) is 0 Å². The second-order valence-electron chi connectivity index (χ2n) is 6.36. The van der Waals surface area contributed by atoms with Crippen molar-refractivity contribution in [3.05, 3.63) is 12.2 Å². The molecule has 0 saturated heterocycles. The van der Waals surface area contributed by atoms with Crippen LogP contribution in [-0.2, 0) is 23.9 Å². The Bertz CT molecular complexity index is 470. The van der Waals surface area contributed by atoms with Gasteiger partial charge in [0.1, 0.15) is 0 Å². The summed E-state index contributed by atoms with van der Waals surface area (Å²) < 4.78 is 11.2. The minimum Gasteiger partial charge on any atom is -0.324 e. The number of rotatable bonds is 13. The summed E-state index contributed by atoms with van der Waals surface area (Å²) >= 11 is 0. The van der Waals surface area contributed by atoms with E-state index in [4.69, 9.17) is 9.79 Å². The molecule has 0 saturated carbocycles. The topological polar surface area (TPSA) is 110 Å². The molecule has 0 aliphatic heterocycles. The Balaban J connectivity index is 4.25. The normalized spacial score (nSPS) is 12.5. The highest BCUT2D eigenvalue weighted by Crippen LogP contribution is 2.38. The Labute approximate surface area is 149 Å². The molecule has 0 aromatic carbocycles. The van der Waals surface area contributed by atoms with Gasteiger partial charge < -0.3 is 9.79 Å². The third-order valence-corrected chi connectivity index (χ3v) is 4.66. The predicted molar refractivity (Wildman–Crippen MR) is 94.6 cm³/mol. The zero-order chi connectivity index (χ0) is 19.3. The standard InChI is InChI=1S/C17H31O7P/c1-4-5-6-7-8-9-10-11-12-15(13-25(20,21)22)17(19)24-23-16(18)14(2)3/h15H,2,4-13H2,1,3H3,(H2,20,21,22). The molecule has 8 heteroatoms. The molecule has 1 atom stereocenters. The van der Waals surface area contributed by atoms with Crippen molar-refractivity contribution in [2.75, 3.05) is 6.16 Å². The van der Waals surface area contributed by atoms with Crippen LogP contribution in [0.2, 0.25) is 0 Å². The maximum absolute atomic E-state index is 11.9. The van der Waals surface area contributed by atoms with E-state index in [-0.39, 0.29) is 12.0 Å². The smallest absolute Gasteiger partial charge is 0.324 e. The Morgan fingerprint density at radius 1 is 1.00 bits per heavy atom. The summed E-state index contributed by atoms with van der Waals surface area (Å²) in [5.74, 6) is -2.84. The van der Waals surface area contributed by atoms with E-state index in [1.54, 1.807) is 0 Å². The molecule has 25 heavy (non-hydrogen) atoms. The molecule has 0 spiro atoms. The fourth-order valence-corrected chi connectivity index (χ4v) is 3.22. The van der Waals surface area contributed by atoms with Crippen LogP contribution in [0.4, 0.5) is 0 Å². The van der Waals surface area contributed by atoms with Crippen molar-refractivity contribution in [3.63, 3.8) is 0 Å². The van der Waals surface area contributed by atoms with E-state index in [9.17, 15) is 14.2 Å². The molecule has 0 rings (SSSR count). The first kappa shape index (κ1) is 23.8. The Kier molecular flexibility index (Phi) is 12.5. The van der Waals surface area contributed by atoms with Crippen molar-refractivity contribution in [2.45, 2.75) is 71.6 Å². The van der Waals surface area contributed by atoms with Gasteiger partial charge in [0, 0.05) is 5.57 Å². The average molecular weight is 378 g/mol. The maximum Gasteiger partial charge on any atom is 0.381 e. The fourth-order valence-electron chi connectivity index (χ4n) is 2.31. The molecule has 0 bridgehead atoms. The van der Waals surface area contributed by atoms with Gasteiger partial charge in [0.25, 0.3) is 0 Å². The zero-order valence-electron chi connectivity index (χ0n) is 15.2. The van der Waals surface area contributed by atoms with Crippen LogP contribution >= 0.6 is 7.60 Å². The second kappa shape index (κ2) is 13.1. The lowest BCUT2D eigenvalue weighted by molar-refractivity contribution is -0.258. The number of hydrogen-bond acceptors (Lipinski definition) is 5. The molecule has 0 aromatic rings. The van der Waals surface area contributed by atoms with Gasteiger partial charge in [0.15, 0.2) is 0 Å². The molecular weight excluding hydrogens is 347 g/mol. The molecule has 7 nitrogen and oxygen atoms in total. The minimum absolute atomic E-state index is 0.0578. The predicted octanol–water partition coefficient (Wildman–Crippen LogP) is 3.89. The molecule has 0 aliphatic rings. The monoisotopic (exact) mass is 378 g/mol. The molecule has 0 heterocycles. The number of hydrogen-bond donors (Lipinski definition) is 2. The first-order chi connectivity index (χ1) is 11.7. The van der Waals surface area contributed by atoms with Crippen LogP contribution in [0.1, 0.15) is 71.6 Å². The van der Waals surface area contributed by atoms with Gasteiger partial charge in [0.2, 0.25) is 0 Å². The van der Waals surface area contributed by atoms with Crippen LogP contribution in [0.25, 0.3) is 0 Å². The lowest BCUT2D eigenvalue weighted by atomic mass is 10.0. The molecular formula is C17H31O7P. The molecule has 0 amide bonds.